The molecule has 0 bridgehead atoms. The van der Waals surface area contributed by atoms with Gasteiger partial charge in [0.1, 0.15) is 5.78 Å². The first-order valence-corrected chi connectivity index (χ1v) is 9.21. The second kappa shape index (κ2) is 4.80. The summed E-state index contributed by atoms with van der Waals surface area (Å²) in [6.45, 7) is 4.70. The Morgan fingerprint density at radius 3 is 2.59 bits per heavy atom. The van der Waals surface area contributed by atoms with Crippen molar-refractivity contribution in [2.24, 2.45) is 34.5 Å². The maximum atomic E-state index is 11.9. The maximum Gasteiger partial charge on any atom is 0.133 e. The predicted octanol–water partition coefficient (Wildman–Crippen LogP) is 2.93. The lowest BCUT2D eigenvalue weighted by Crippen LogP contribution is -2.57. The fraction of sp³-hybridized carbons (Fsp3) is 0.947. The molecule has 8 atom stereocenters. The number of carbonyl (C=O) groups is 1. The standard InChI is InChI=1S/C19H30O3/c1-18-5-4-14-13(15(18)8-12(21)10-18)9-17(22)16-7-11(20)3-6-19(14,16)2/h12-17,21-22H,3-10H2,1-2H3/t12-,13+,14-,15-,16+,17-,18+,19+/m0/s1. The van der Waals surface area contributed by atoms with Crippen LogP contribution in [-0.4, -0.2) is 28.2 Å². The first-order valence-electron chi connectivity index (χ1n) is 9.21. The first kappa shape index (κ1) is 15.1. The molecule has 0 aromatic heterocycles. The molecular formula is C19H30O3. The number of rotatable bonds is 0. The molecule has 3 nitrogen and oxygen atoms in total. The van der Waals surface area contributed by atoms with E-state index < -0.39 is 0 Å². The Labute approximate surface area is 133 Å². The minimum Gasteiger partial charge on any atom is -0.393 e. The van der Waals surface area contributed by atoms with E-state index in [-0.39, 0.29) is 29.0 Å². The lowest BCUT2D eigenvalue weighted by molar-refractivity contribution is -0.162. The molecular weight excluding hydrogens is 276 g/mol. The summed E-state index contributed by atoms with van der Waals surface area (Å²) in [7, 11) is 0. The Kier molecular flexibility index (Phi) is 3.30. The quantitative estimate of drug-likeness (QED) is 0.723. The van der Waals surface area contributed by atoms with E-state index in [4.69, 9.17) is 0 Å². The SMILES string of the molecule is C[C@]12CC[C@H]3[C@@H](C[C@H](O)[C@H]4CC(=O)CC[C@@]43C)[C@@H]1C[C@H](O)C2. The van der Waals surface area contributed by atoms with Crippen molar-refractivity contribution in [1.82, 2.24) is 0 Å². The summed E-state index contributed by atoms with van der Waals surface area (Å²) < 4.78 is 0. The van der Waals surface area contributed by atoms with E-state index in [0.717, 1.165) is 25.7 Å². The Morgan fingerprint density at radius 1 is 1.05 bits per heavy atom. The molecule has 0 aliphatic heterocycles. The van der Waals surface area contributed by atoms with Gasteiger partial charge in [-0.2, -0.15) is 0 Å². The van der Waals surface area contributed by atoms with Gasteiger partial charge in [-0.05, 0) is 73.0 Å². The molecule has 0 aromatic rings. The highest BCUT2D eigenvalue weighted by Gasteiger charge is 2.61. The summed E-state index contributed by atoms with van der Waals surface area (Å²) in [5.41, 5.74) is 0.402. The Hall–Kier alpha value is -0.410. The highest BCUT2D eigenvalue weighted by Crippen LogP contribution is 2.65. The van der Waals surface area contributed by atoms with Gasteiger partial charge in [0.05, 0.1) is 12.2 Å². The summed E-state index contributed by atoms with van der Waals surface area (Å²) in [5.74, 6) is 2.26. The van der Waals surface area contributed by atoms with Gasteiger partial charge >= 0.3 is 0 Å². The maximum absolute atomic E-state index is 11.9. The zero-order valence-corrected chi connectivity index (χ0v) is 13.9. The summed E-state index contributed by atoms with van der Waals surface area (Å²) in [4.78, 5) is 11.9. The van der Waals surface area contributed by atoms with E-state index >= 15 is 0 Å². The number of fused-ring (bicyclic) bond motifs is 5. The van der Waals surface area contributed by atoms with Crippen molar-refractivity contribution in [1.29, 1.82) is 0 Å². The van der Waals surface area contributed by atoms with Crippen LogP contribution in [0.3, 0.4) is 0 Å². The fourth-order valence-corrected chi connectivity index (χ4v) is 7.11. The second-order valence-corrected chi connectivity index (χ2v) is 9.32. The van der Waals surface area contributed by atoms with E-state index in [1.165, 1.54) is 12.8 Å². The van der Waals surface area contributed by atoms with E-state index in [0.29, 0.717) is 36.4 Å². The van der Waals surface area contributed by atoms with E-state index in [1.807, 2.05) is 0 Å². The van der Waals surface area contributed by atoms with Crippen LogP contribution >= 0.6 is 0 Å². The van der Waals surface area contributed by atoms with Crippen LogP contribution in [0.1, 0.15) is 65.2 Å². The monoisotopic (exact) mass is 306 g/mol. The second-order valence-electron chi connectivity index (χ2n) is 9.32. The number of ketones is 1. The molecule has 124 valence electrons. The number of carbonyl (C=O) groups excluding carboxylic acids is 1. The van der Waals surface area contributed by atoms with Crippen molar-refractivity contribution >= 4 is 5.78 Å². The topological polar surface area (TPSA) is 57.5 Å². The molecule has 0 heterocycles. The van der Waals surface area contributed by atoms with Gasteiger partial charge in [-0.25, -0.2) is 0 Å². The van der Waals surface area contributed by atoms with E-state index in [9.17, 15) is 15.0 Å². The third kappa shape index (κ3) is 1.97. The van der Waals surface area contributed by atoms with Gasteiger partial charge < -0.3 is 10.2 Å². The van der Waals surface area contributed by atoms with Crippen molar-refractivity contribution < 1.29 is 15.0 Å². The molecule has 3 heteroatoms. The van der Waals surface area contributed by atoms with Crippen LogP contribution in [0.2, 0.25) is 0 Å². The molecule has 0 aromatic carbocycles. The molecule has 2 N–H and O–H groups in total. The number of Topliss-reactive ketones (excluding diaryl/α,β-unsaturated/α-hetero) is 1. The average molecular weight is 306 g/mol. The van der Waals surface area contributed by atoms with Crippen LogP contribution in [0.15, 0.2) is 0 Å². The molecule has 0 radical (unpaired) electrons. The average Bonchev–Trinajstić information content (AvgIpc) is 2.76. The van der Waals surface area contributed by atoms with Gasteiger partial charge in [-0.3, -0.25) is 4.79 Å². The number of hydrogen-bond donors (Lipinski definition) is 2. The third-order valence-corrected chi connectivity index (χ3v) is 8.25. The van der Waals surface area contributed by atoms with Crippen LogP contribution < -0.4 is 0 Å². The normalized spacial score (nSPS) is 57.9. The van der Waals surface area contributed by atoms with Gasteiger partial charge in [0.25, 0.3) is 0 Å². The minimum atomic E-state index is -0.324. The van der Waals surface area contributed by atoms with Crippen molar-refractivity contribution in [3.63, 3.8) is 0 Å². The van der Waals surface area contributed by atoms with Crippen LogP contribution in [0.5, 0.6) is 0 Å². The number of aliphatic hydroxyl groups is 2. The molecule has 4 aliphatic rings. The molecule has 0 spiro atoms. The first-order chi connectivity index (χ1) is 10.3. The number of hydrogen-bond acceptors (Lipinski definition) is 3. The Balaban J connectivity index is 1.67. The van der Waals surface area contributed by atoms with Gasteiger partial charge in [-0.15, -0.1) is 0 Å². The summed E-state index contributed by atoms with van der Waals surface area (Å²) in [6, 6.07) is 0. The van der Waals surface area contributed by atoms with Crippen molar-refractivity contribution in [3.8, 4) is 0 Å². The van der Waals surface area contributed by atoms with Gasteiger partial charge in [0.2, 0.25) is 0 Å². The van der Waals surface area contributed by atoms with Crippen molar-refractivity contribution in [2.75, 3.05) is 0 Å². The molecule has 4 aliphatic carbocycles. The zero-order valence-electron chi connectivity index (χ0n) is 13.9. The van der Waals surface area contributed by atoms with Gasteiger partial charge in [-0.1, -0.05) is 13.8 Å². The molecule has 4 saturated carbocycles. The largest absolute Gasteiger partial charge is 0.393 e. The molecule has 0 unspecified atom stereocenters. The molecule has 4 fully saturated rings. The minimum absolute atomic E-state index is 0.130. The Bertz CT molecular complexity index is 489. The smallest absolute Gasteiger partial charge is 0.133 e. The van der Waals surface area contributed by atoms with Crippen LogP contribution in [0.4, 0.5) is 0 Å². The lowest BCUT2D eigenvalue weighted by Gasteiger charge is -2.60. The summed E-state index contributed by atoms with van der Waals surface area (Å²) in [5, 5.41) is 21.0. The van der Waals surface area contributed by atoms with Crippen LogP contribution in [-0.2, 0) is 4.79 Å². The summed E-state index contributed by atoms with van der Waals surface area (Å²) in [6.07, 6.45) is 6.92. The highest BCUT2D eigenvalue weighted by atomic mass is 16.3. The zero-order chi connectivity index (χ0) is 15.7. The van der Waals surface area contributed by atoms with Gasteiger partial charge in [0.15, 0.2) is 0 Å². The fourth-order valence-electron chi connectivity index (χ4n) is 7.11. The Morgan fingerprint density at radius 2 is 1.82 bits per heavy atom. The molecule has 4 rings (SSSR count). The highest BCUT2D eigenvalue weighted by molar-refractivity contribution is 5.79. The van der Waals surface area contributed by atoms with E-state index in [1.54, 1.807) is 0 Å². The van der Waals surface area contributed by atoms with Gasteiger partial charge in [0, 0.05) is 12.8 Å². The van der Waals surface area contributed by atoms with Crippen LogP contribution in [0.25, 0.3) is 0 Å². The molecule has 22 heavy (non-hydrogen) atoms. The lowest BCUT2D eigenvalue weighted by atomic mass is 9.45. The van der Waals surface area contributed by atoms with E-state index in [2.05, 4.69) is 13.8 Å². The van der Waals surface area contributed by atoms with Crippen molar-refractivity contribution in [2.45, 2.75) is 77.4 Å². The summed E-state index contributed by atoms with van der Waals surface area (Å²) >= 11 is 0. The van der Waals surface area contributed by atoms with Crippen LogP contribution in [0, 0.1) is 34.5 Å². The number of aliphatic hydroxyl groups excluding tert-OH is 2. The molecule has 0 saturated heterocycles. The predicted molar refractivity (Wildman–Crippen MR) is 84.1 cm³/mol. The third-order valence-electron chi connectivity index (χ3n) is 8.25. The van der Waals surface area contributed by atoms with Crippen molar-refractivity contribution in [3.05, 3.63) is 0 Å². The molecule has 0 amide bonds.